The van der Waals surface area contributed by atoms with E-state index >= 15 is 0 Å². The number of rotatable bonds is 8. The molecule has 2 aromatic carbocycles. The van der Waals surface area contributed by atoms with Crippen molar-refractivity contribution in [2.75, 3.05) is 18.4 Å². The predicted octanol–water partition coefficient (Wildman–Crippen LogP) is 6.47. The van der Waals surface area contributed by atoms with E-state index in [1.165, 1.54) is 0 Å². The largest absolute Gasteiger partial charge is 0.459 e. The number of hydrogen-bond acceptors (Lipinski definition) is 4. The Balaban J connectivity index is 1.37. The lowest BCUT2D eigenvalue weighted by Gasteiger charge is -2.26. The van der Waals surface area contributed by atoms with Gasteiger partial charge in [0.15, 0.2) is 5.11 Å². The molecule has 0 aliphatic carbocycles. The van der Waals surface area contributed by atoms with Gasteiger partial charge in [-0.1, -0.05) is 35.9 Å². The van der Waals surface area contributed by atoms with Gasteiger partial charge in [-0.15, -0.1) is 0 Å². The first-order valence-corrected chi connectivity index (χ1v) is 12.1. The second-order valence-electron chi connectivity index (χ2n) is 8.18. The van der Waals surface area contributed by atoms with Crippen molar-refractivity contribution in [3.05, 3.63) is 108 Å². The van der Waals surface area contributed by atoms with Crippen LogP contribution in [0.4, 0.5) is 5.69 Å². The topological polar surface area (TPSA) is 53.3 Å². The molecule has 1 fully saturated rings. The van der Waals surface area contributed by atoms with Crippen LogP contribution in [0.25, 0.3) is 11.3 Å². The Morgan fingerprint density at radius 1 is 0.971 bits per heavy atom. The van der Waals surface area contributed by atoms with E-state index in [-0.39, 0.29) is 12.1 Å². The van der Waals surface area contributed by atoms with E-state index in [1.54, 1.807) is 0 Å². The molecule has 0 amide bonds. The van der Waals surface area contributed by atoms with Gasteiger partial charge in [-0.25, -0.2) is 0 Å². The maximum atomic E-state index is 6.37. The third-order valence-corrected chi connectivity index (χ3v) is 6.53. The standard InChI is InChI=1S/C27H25ClN4OS/c28-20-12-10-19(11-13-20)23-14-15-24(33-23)26-25(22-9-4-5-16-30-22)31-27(34)32(26)18-6-17-29-21-7-2-1-3-8-21/h1-5,7-16,25-26,29H,6,17-18H2,(H,31,34). The molecule has 7 heteroatoms. The van der Waals surface area contributed by atoms with Crippen LogP contribution in [0.3, 0.4) is 0 Å². The van der Waals surface area contributed by atoms with Crippen LogP contribution in [0, 0.1) is 0 Å². The first kappa shape index (κ1) is 22.4. The summed E-state index contributed by atoms with van der Waals surface area (Å²) in [4.78, 5) is 6.81. The SMILES string of the molecule is S=C1NC(c2ccccn2)C(c2ccc(-c3ccc(Cl)cc3)o2)N1CCCNc1ccccc1. The summed E-state index contributed by atoms with van der Waals surface area (Å²) in [6.07, 6.45) is 2.73. The second kappa shape index (κ2) is 10.3. The summed E-state index contributed by atoms with van der Waals surface area (Å²) >= 11 is 11.8. The van der Waals surface area contributed by atoms with Crippen molar-refractivity contribution in [2.45, 2.75) is 18.5 Å². The predicted molar refractivity (Wildman–Crippen MR) is 141 cm³/mol. The van der Waals surface area contributed by atoms with Gasteiger partial charge in [-0.2, -0.15) is 0 Å². The van der Waals surface area contributed by atoms with Crippen molar-refractivity contribution < 1.29 is 4.42 Å². The average Bonchev–Trinajstić information content (AvgIpc) is 3.48. The fourth-order valence-electron chi connectivity index (χ4n) is 4.27. The fourth-order valence-corrected chi connectivity index (χ4v) is 4.73. The number of hydrogen-bond donors (Lipinski definition) is 2. The van der Waals surface area contributed by atoms with Gasteiger partial charge >= 0.3 is 0 Å². The average molecular weight is 489 g/mol. The quantitative estimate of drug-likeness (QED) is 0.219. The number of thiocarbonyl (C=S) groups is 1. The molecule has 5 rings (SSSR count). The Labute approximate surface area is 209 Å². The molecule has 34 heavy (non-hydrogen) atoms. The highest BCUT2D eigenvalue weighted by atomic mass is 35.5. The highest BCUT2D eigenvalue weighted by Gasteiger charge is 2.41. The zero-order valence-electron chi connectivity index (χ0n) is 18.5. The molecule has 2 N–H and O–H groups in total. The van der Waals surface area contributed by atoms with Crippen molar-refractivity contribution >= 4 is 34.6 Å². The molecule has 3 heterocycles. The van der Waals surface area contributed by atoms with E-state index in [9.17, 15) is 0 Å². The highest BCUT2D eigenvalue weighted by Crippen LogP contribution is 2.40. The van der Waals surface area contributed by atoms with Gasteiger partial charge in [0.25, 0.3) is 0 Å². The normalized spacial score (nSPS) is 17.6. The lowest BCUT2D eigenvalue weighted by atomic mass is 10.0. The minimum Gasteiger partial charge on any atom is -0.459 e. The van der Waals surface area contributed by atoms with E-state index in [2.05, 4.69) is 32.7 Å². The number of anilines is 1. The Morgan fingerprint density at radius 2 is 1.76 bits per heavy atom. The van der Waals surface area contributed by atoms with Crippen molar-refractivity contribution in [1.82, 2.24) is 15.2 Å². The van der Waals surface area contributed by atoms with Crippen LogP contribution in [0.15, 0.2) is 95.5 Å². The van der Waals surface area contributed by atoms with Crippen molar-refractivity contribution in [3.63, 3.8) is 0 Å². The van der Waals surface area contributed by atoms with E-state index in [0.717, 1.165) is 48.0 Å². The number of para-hydroxylation sites is 1. The summed E-state index contributed by atoms with van der Waals surface area (Å²) in [5.41, 5.74) is 3.03. The van der Waals surface area contributed by atoms with Gasteiger partial charge in [0.2, 0.25) is 0 Å². The smallest absolute Gasteiger partial charge is 0.170 e. The van der Waals surface area contributed by atoms with Gasteiger partial charge in [0.05, 0.1) is 11.7 Å². The Hall–Kier alpha value is -3.35. The number of nitrogens with zero attached hydrogens (tertiary/aromatic N) is 2. The van der Waals surface area contributed by atoms with E-state index < -0.39 is 0 Å². The third-order valence-electron chi connectivity index (χ3n) is 5.92. The minimum absolute atomic E-state index is 0.0971. The van der Waals surface area contributed by atoms with Crippen LogP contribution >= 0.6 is 23.8 Å². The molecule has 2 unspecified atom stereocenters. The van der Waals surface area contributed by atoms with Gasteiger partial charge < -0.3 is 20.0 Å². The first-order chi connectivity index (χ1) is 16.7. The van der Waals surface area contributed by atoms with Crippen LogP contribution in [-0.2, 0) is 0 Å². The van der Waals surface area contributed by atoms with Crippen molar-refractivity contribution in [1.29, 1.82) is 0 Å². The Kier molecular flexibility index (Phi) is 6.79. The molecule has 2 aromatic heterocycles. The summed E-state index contributed by atoms with van der Waals surface area (Å²) in [7, 11) is 0. The molecule has 172 valence electrons. The number of nitrogens with one attached hydrogen (secondary N) is 2. The van der Waals surface area contributed by atoms with E-state index in [0.29, 0.717) is 10.1 Å². The maximum Gasteiger partial charge on any atom is 0.170 e. The highest BCUT2D eigenvalue weighted by molar-refractivity contribution is 7.80. The van der Waals surface area contributed by atoms with Crippen LogP contribution < -0.4 is 10.6 Å². The lowest BCUT2D eigenvalue weighted by Crippen LogP contribution is -2.31. The summed E-state index contributed by atoms with van der Waals surface area (Å²) in [5.74, 6) is 1.65. The lowest BCUT2D eigenvalue weighted by molar-refractivity contribution is 0.274. The molecule has 0 saturated carbocycles. The minimum atomic E-state index is -0.0972. The van der Waals surface area contributed by atoms with Crippen LogP contribution in [0.2, 0.25) is 5.02 Å². The second-order valence-corrected chi connectivity index (χ2v) is 9.00. The van der Waals surface area contributed by atoms with Gasteiger partial charge in [-0.3, -0.25) is 4.98 Å². The molecule has 1 aliphatic rings. The van der Waals surface area contributed by atoms with Crippen LogP contribution in [0.5, 0.6) is 0 Å². The Bertz CT molecular complexity index is 1230. The Morgan fingerprint density at radius 3 is 2.53 bits per heavy atom. The molecule has 0 radical (unpaired) electrons. The van der Waals surface area contributed by atoms with Gasteiger partial charge in [0.1, 0.15) is 17.6 Å². The maximum absolute atomic E-state index is 6.37. The number of benzene rings is 2. The summed E-state index contributed by atoms with van der Waals surface area (Å²) in [5, 5.41) is 8.37. The molecular formula is C27H25ClN4OS. The molecule has 1 aliphatic heterocycles. The molecular weight excluding hydrogens is 464 g/mol. The monoisotopic (exact) mass is 488 g/mol. The zero-order chi connectivity index (χ0) is 23.3. The summed E-state index contributed by atoms with van der Waals surface area (Å²) < 4.78 is 6.37. The third kappa shape index (κ3) is 4.93. The molecule has 1 saturated heterocycles. The van der Waals surface area contributed by atoms with Gasteiger partial charge in [0, 0.05) is 35.6 Å². The summed E-state index contributed by atoms with van der Waals surface area (Å²) in [6.45, 7) is 1.63. The zero-order valence-corrected chi connectivity index (χ0v) is 20.1. The van der Waals surface area contributed by atoms with E-state index in [1.807, 2.05) is 79.0 Å². The van der Waals surface area contributed by atoms with Crippen molar-refractivity contribution in [2.24, 2.45) is 0 Å². The molecule has 4 aromatic rings. The molecule has 0 spiro atoms. The molecule has 2 atom stereocenters. The number of furan rings is 1. The summed E-state index contributed by atoms with van der Waals surface area (Å²) in [6, 6.07) is 27.7. The first-order valence-electron chi connectivity index (χ1n) is 11.3. The van der Waals surface area contributed by atoms with Crippen molar-refractivity contribution in [3.8, 4) is 11.3 Å². The number of aromatic nitrogens is 1. The van der Waals surface area contributed by atoms with E-state index in [4.69, 9.17) is 28.2 Å². The van der Waals surface area contributed by atoms with Crippen LogP contribution in [0.1, 0.15) is 30.0 Å². The fraction of sp³-hybridized carbons (Fsp3) is 0.185. The van der Waals surface area contributed by atoms with Gasteiger partial charge in [-0.05, 0) is 79.3 Å². The van der Waals surface area contributed by atoms with Crippen LogP contribution in [-0.4, -0.2) is 28.1 Å². The number of halogens is 1. The number of pyridine rings is 1. The molecule has 5 nitrogen and oxygen atoms in total. The molecule has 0 bridgehead atoms.